The summed E-state index contributed by atoms with van der Waals surface area (Å²) in [5.74, 6) is -1.03. The average molecular weight is 291 g/mol. The van der Waals surface area contributed by atoms with E-state index in [1.54, 1.807) is 36.6 Å². The molecule has 0 fully saturated rings. The number of carbonyl (C=O) groups is 2. The van der Waals surface area contributed by atoms with Crippen molar-refractivity contribution in [3.05, 3.63) is 41.5 Å². The van der Waals surface area contributed by atoms with Gasteiger partial charge in [-0.2, -0.15) is 9.78 Å². The number of hydrogen-bond donors (Lipinski definition) is 1. The maximum Gasteiger partial charge on any atom is 0.344 e. The summed E-state index contributed by atoms with van der Waals surface area (Å²) in [6.07, 6.45) is 1.74. The molecule has 6 nitrogen and oxygen atoms in total. The summed E-state index contributed by atoms with van der Waals surface area (Å²) in [6, 6.07) is 8.59. The Morgan fingerprint density at radius 2 is 1.95 bits per heavy atom. The van der Waals surface area contributed by atoms with Crippen molar-refractivity contribution in [1.82, 2.24) is 9.78 Å². The molecule has 2 rings (SSSR count). The Hall–Kier alpha value is -2.28. The van der Waals surface area contributed by atoms with Crippen molar-refractivity contribution in [3.8, 4) is 0 Å². The monoisotopic (exact) mass is 291 g/mol. The van der Waals surface area contributed by atoms with E-state index in [-0.39, 0.29) is 11.4 Å². The fourth-order valence-electron chi connectivity index (χ4n) is 1.70. The number of ether oxygens (including phenoxy) is 1. The number of nitrogens with zero attached hydrogens (tertiary/aromatic N) is 2. The lowest BCUT2D eigenvalue weighted by atomic mass is 10.2. The van der Waals surface area contributed by atoms with E-state index >= 15 is 0 Å². The minimum atomic E-state index is -0.612. The van der Waals surface area contributed by atoms with Gasteiger partial charge in [0.2, 0.25) is 0 Å². The van der Waals surface area contributed by atoms with Crippen LogP contribution in [0.5, 0.6) is 0 Å². The zero-order valence-corrected chi connectivity index (χ0v) is 11.8. The molecule has 0 radical (unpaired) electrons. The van der Waals surface area contributed by atoms with Crippen LogP contribution in [0.3, 0.4) is 0 Å². The number of hydrogen-bond acceptors (Lipinski definition) is 6. The molecule has 0 aliphatic carbocycles. The fraction of sp³-hybridized carbons (Fsp3) is 0.154. The molecule has 1 heterocycles. The number of esters is 1. The molecule has 0 bridgehead atoms. The van der Waals surface area contributed by atoms with Crippen molar-refractivity contribution in [2.24, 2.45) is 0 Å². The Kier molecular flexibility index (Phi) is 4.09. The first-order valence-electron chi connectivity index (χ1n) is 5.70. The summed E-state index contributed by atoms with van der Waals surface area (Å²) in [4.78, 5) is 24.0. The number of carbonyl (C=O) groups excluding carboxylic acids is 2. The van der Waals surface area contributed by atoms with Gasteiger partial charge in [-0.3, -0.25) is 4.79 Å². The lowest BCUT2D eigenvalue weighted by molar-refractivity contribution is 0.0598. The molecule has 0 aliphatic rings. The van der Waals surface area contributed by atoms with Crippen LogP contribution in [0.4, 0.5) is 5.82 Å². The zero-order chi connectivity index (χ0) is 14.7. The van der Waals surface area contributed by atoms with Gasteiger partial charge in [-0.15, -0.1) is 11.8 Å². The number of nitrogens with two attached hydrogens (primary N) is 1. The topological polar surface area (TPSA) is 87.2 Å². The van der Waals surface area contributed by atoms with Crippen molar-refractivity contribution >= 4 is 29.5 Å². The van der Waals surface area contributed by atoms with E-state index in [2.05, 4.69) is 9.84 Å². The minimum Gasteiger partial charge on any atom is -0.465 e. The van der Waals surface area contributed by atoms with Gasteiger partial charge >= 0.3 is 5.97 Å². The number of methoxy groups -OCH3 is 1. The van der Waals surface area contributed by atoms with Crippen molar-refractivity contribution in [3.63, 3.8) is 0 Å². The molecule has 1 aromatic carbocycles. The molecule has 7 heteroatoms. The number of thioether (sulfide) groups is 1. The van der Waals surface area contributed by atoms with Gasteiger partial charge in [-0.05, 0) is 18.4 Å². The summed E-state index contributed by atoms with van der Waals surface area (Å²) < 4.78 is 5.68. The van der Waals surface area contributed by atoms with Crippen molar-refractivity contribution in [1.29, 1.82) is 0 Å². The molecule has 0 spiro atoms. The van der Waals surface area contributed by atoms with Crippen molar-refractivity contribution in [2.75, 3.05) is 19.1 Å². The molecule has 2 N–H and O–H groups in total. The van der Waals surface area contributed by atoms with Gasteiger partial charge in [0.1, 0.15) is 16.4 Å². The molecule has 1 aromatic heterocycles. The summed E-state index contributed by atoms with van der Waals surface area (Å²) in [6.45, 7) is 0. The maximum absolute atomic E-state index is 12.3. The molecule has 2 aromatic rings. The molecular weight excluding hydrogens is 278 g/mol. The SMILES string of the molecule is COC(=O)c1c(SC)nn(C(=O)c2ccccc2)c1N. The smallest absolute Gasteiger partial charge is 0.344 e. The molecule has 0 atom stereocenters. The van der Waals surface area contributed by atoms with Crippen LogP contribution in [0.1, 0.15) is 20.7 Å². The summed E-state index contributed by atoms with van der Waals surface area (Å²) >= 11 is 1.22. The second-order valence-corrected chi connectivity index (χ2v) is 4.64. The number of benzene rings is 1. The second-order valence-electron chi connectivity index (χ2n) is 3.84. The highest BCUT2D eigenvalue weighted by molar-refractivity contribution is 7.98. The molecule has 0 amide bonds. The first kappa shape index (κ1) is 14.1. The maximum atomic E-state index is 12.3. The van der Waals surface area contributed by atoms with Crippen LogP contribution in [0, 0.1) is 0 Å². The Bertz CT molecular complexity index is 652. The third kappa shape index (κ3) is 2.39. The molecule has 0 aliphatic heterocycles. The quantitative estimate of drug-likeness (QED) is 0.683. The summed E-state index contributed by atoms with van der Waals surface area (Å²) in [7, 11) is 1.25. The Morgan fingerprint density at radius 1 is 1.30 bits per heavy atom. The van der Waals surface area contributed by atoms with Gasteiger partial charge in [0.05, 0.1) is 7.11 Å². The Morgan fingerprint density at radius 3 is 2.50 bits per heavy atom. The fourth-order valence-corrected chi connectivity index (χ4v) is 2.26. The van der Waals surface area contributed by atoms with Gasteiger partial charge in [0, 0.05) is 5.56 Å². The molecular formula is C13H13N3O3S. The Balaban J connectivity index is 2.51. The van der Waals surface area contributed by atoms with Crippen LogP contribution in [-0.2, 0) is 4.74 Å². The third-order valence-corrected chi connectivity index (χ3v) is 3.36. The van der Waals surface area contributed by atoms with E-state index in [4.69, 9.17) is 5.73 Å². The second kappa shape index (κ2) is 5.79. The first-order valence-corrected chi connectivity index (χ1v) is 6.93. The van der Waals surface area contributed by atoms with E-state index < -0.39 is 11.9 Å². The van der Waals surface area contributed by atoms with Crippen molar-refractivity contribution < 1.29 is 14.3 Å². The third-order valence-electron chi connectivity index (χ3n) is 2.68. The van der Waals surface area contributed by atoms with E-state index in [0.717, 1.165) is 4.68 Å². The van der Waals surface area contributed by atoms with Crippen LogP contribution in [0.25, 0.3) is 0 Å². The normalized spacial score (nSPS) is 10.3. The highest BCUT2D eigenvalue weighted by atomic mass is 32.2. The van der Waals surface area contributed by atoms with Gasteiger partial charge in [0.25, 0.3) is 5.91 Å². The predicted octanol–water partition coefficient (Wildman–Crippen LogP) is 1.66. The molecule has 0 saturated carbocycles. The highest BCUT2D eigenvalue weighted by Gasteiger charge is 2.25. The number of rotatable bonds is 3. The highest BCUT2D eigenvalue weighted by Crippen LogP contribution is 2.26. The van der Waals surface area contributed by atoms with Gasteiger partial charge < -0.3 is 10.5 Å². The zero-order valence-electron chi connectivity index (χ0n) is 11.0. The lowest BCUT2D eigenvalue weighted by Crippen LogP contribution is -2.17. The molecule has 0 saturated heterocycles. The number of nitrogen functional groups attached to an aromatic ring is 1. The van der Waals surface area contributed by atoms with E-state index in [1.807, 2.05) is 0 Å². The number of aromatic nitrogens is 2. The average Bonchev–Trinajstić information content (AvgIpc) is 2.83. The van der Waals surface area contributed by atoms with Gasteiger partial charge in [-0.1, -0.05) is 18.2 Å². The summed E-state index contributed by atoms with van der Waals surface area (Å²) in [5.41, 5.74) is 6.41. The van der Waals surface area contributed by atoms with E-state index in [0.29, 0.717) is 10.6 Å². The molecule has 104 valence electrons. The van der Waals surface area contributed by atoms with Crippen LogP contribution in [0.15, 0.2) is 35.4 Å². The first-order chi connectivity index (χ1) is 9.60. The standard InChI is InChI=1S/C13H13N3O3S/c1-19-13(18)9-10(14)16(15-11(9)20-2)12(17)8-6-4-3-5-7-8/h3-7H,14H2,1-2H3. The van der Waals surface area contributed by atoms with Gasteiger partial charge in [-0.25, -0.2) is 4.79 Å². The molecule has 20 heavy (non-hydrogen) atoms. The van der Waals surface area contributed by atoms with E-state index in [1.165, 1.54) is 18.9 Å². The van der Waals surface area contributed by atoms with Gasteiger partial charge in [0.15, 0.2) is 0 Å². The summed E-state index contributed by atoms with van der Waals surface area (Å²) in [5, 5.41) is 4.44. The van der Waals surface area contributed by atoms with Crippen LogP contribution in [0.2, 0.25) is 0 Å². The van der Waals surface area contributed by atoms with Crippen LogP contribution in [-0.4, -0.2) is 35.0 Å². The Labute approximate surface area is 119 Å². The lowest BCUT2D eigenvalue weighted by Gasteiger charge is -2.03. The largest absolute Gasteiger partial charge is 0.465 e. The minimum absolute atomic E-state index is 0.0185. The predicted molar refractivity (Wildman–Crippen MR) is 75.9 cm³/mol. The molecule has 0 unspecified atom stereocenters. The van der Waals surface area contributed by atoms with Crippen LogP contribution < -0.4 is 5.73 Å². The number of anilines is 1. The van der Waals surface area contributed by atoms with E-state index in [9.17, 15) is 9.59 Å². The van der Waals surface area contributed by atoms with Crippen LogP contribution >= 0.6 is 11.8 Å². The van der Waals surface area contributed by atoms with Crippen molar-refractivity contribution in [2.45, 2.75) is 5.03 Å².